The second-order valence-electron chi connectivity index (χ2n) is 2.14. The average Bonchev–Trinajstić information content (AvgIpc) is 2.05. The largest absolute Gasteiger partial charge is 0.356 e. The fraction of sp³-hybridized carbons (Fsp3) is 0.857. The lowest BCUT2D eigenvalue weighted by Crippen LogP contribution is -2.22. The van der Waals surface area contributed by atoms with E-state index in [1.54, 1.807) is 21.6 Å². The molecular formula is C7H16N2OS2. The summed E-state index contributed by atoms with van der Waals surface area (Å²) >= 11 is 0. The molecule has 0 unspecified atom stereocenters. The Morgan fingerprint density at radius 1 is 1.42 bits per heavy atom. The predicted octanol–water partition coefficient (Wildman–Crippen LogP) is 0.853. The van der Waals surface area contributed by atoms with Gasteiger partial charge in [-0.2, -0.15) is 0 Å². The monoisotopic (exact) mass is 208 g/mol. The molecule has 0 heterocycles. The summed E-state index contributed by atoms with van der Waals surface area (Å²) in [4.78, 5) is 10.9. The molecule has 0 aliphatic rings. The van der Waals surface area contributed by atoms with Gasteiger partial charge in [-0.05, 0) is 6.92 Å². The third-order valence-electron chi connectivity index (χ3n) is 1.07. The van der Waals surface area contributed by atoms with Crippen LogP contribution in [0.4, 0.5) is 0 Å². The van der Waals surface area contributed by atoms with Gasteiger partial charge < -0.3 is 11.1 Å². The van der Waals surface area contributed by atoms with Crippen LogP contribution in [0.2, 0.25) is 0 Å². The number of carbonyl (C=O) groups is 1. The molecule has 0 saturated carbocycles. The number of carbonyl (C=O) groups excluding carboxylic acids is 1. The molecule has 0 atom stereocenters. The summed E-state index contributed by atoms with van der Waals surface area (Å²) < 4.78 is 0. The minimum atomic E-state index is 0.137. The zero-order valence-electron chi connectivity index (χ0n) is 7.34. The molecule has 0 fully saturated rings. The summed E-state index contributed by atoms with van der Waals surface area (Å²) in [6, 6.07) is 0. The van der Waals surface area contributed by atoms with E-state index in [0.29, 0.717) is 13.0 Å². The first-order valence-electron chi connectivity index (χ1n) is 4.02. The van der Waals surface area contributed by atoms with Crippen LogP contribution in [0.25, 0.3) is 0 Å². The van der Waals surface area contributed by atoms with Gasteiger partial charge in [0.05, 0.1) is 0 Å². The lowest BCUT2D eigenvalue weighted by molar-refractivity contribution is -0.120. The molecular weight excluding hydrogens is 192 g/mol. The van der Waals surface area contributed by atoms with Gasteiger partial charge in [-0.3, -0.25) is 4.79 Å². The van der Waals surface area contributed by atoms with Gasteiger partial charge in [0.15, 0.2) is 0 Å². The van der Waals surface area contributed by atoms with Gasteiger partial charge in [0.1, 0.15) is 0 Å². The van der Waals surface area contributed by atoms with Gasteiger partial charge in [-0.25, -0.2) is 0 Å². The van der Waals surface area contributed by atoms with Crippen molar-refractivity contribution >= 4 is 27.5 Å². The molecule has 0 rings (SSSR count). The van der Waals surface area contributed by atoms with Crippen LogP contribution in [-0.4, -0.2) is 30.5 Å². The minimum absolute atomic E-state index is 0.137. The fourth-order valence-corrected chi connectivity index (χ4v) is 2.43. The first kappa shape index (κ1) is 12.1. The van der Waals surface area contributed by atoms with Crippen LogP contribution in [-0.2, 0) is 4.79 Å². The molecule has 1 amide bonds. The van der Waals surface area contributed by atoms with Gasteiger partial charge in [0.25, 0.3) is 0 Å². The third-order valence-corrected chi connectivity index (χ3v) is 3.51. The van der Waals surface area contributed by atoms with Crippen molar-refractivity contribution in [3.63, 3.8) is 0 Å². The lowest BCUT2D eigenvalue weighted by Gasteiger charge is -2.00. The summed E-state index contributed by atoms with van der Waals surface area (Å²) in [5.41, 5.74) is 5.30. The SMILES string of the molecule is CCNC(=O)CCSSCCN. The van der Waals surface area contributed by atoms with Crippen molar-refractivity contribution in [1.29, 1.82) is 0 Å². The number of nitrogens with two attached hydrogens (primary N) is 1. The van der Waals surface area contributed by atoms with Crippen LogP contribution < -0.4 is 11.1 Å². The Kier molecular flexibility index (Phi) is 9.32. The number of hydrogen-bond donors (Lipinski definition) is 2. The van der Waals surface area contributed by atoms with Crippen LogP contribution in [0.15, 0.2) is 0 Å². The molecule has 0 aliphatic carbocycles. The first-order valence-corrected chi connectivity index (χ1v) is 6.51. The van der Waals surface area contributed by atoms with Gasteiger partial charge >= 0.3 is 0 Å². The van der Waals surface area contributed by atoms with Crippen molar-refractivity contribution in [2.75, 3.05) is 24.6 Å². The number of nitrogens with one attached hydrogen (secondary N) is 1. The zero-order valence-corrected chi connectivity index (χ0v) is 8.97. The Balaban J connectivity index is 3.03. The first-order chi connectivity index (χ1) is 5.81. The Bertz CT molecular complexity index is 122. The van der Waals surface area contributed by atoms with E-state index in [0.717, 1.165) is 18.1 Å². The number of amides is 1. The molecule has 3 nitrogen and oxygen atoms in total. The van der Waals surface area contributed by atoms with Crippen molar-refractivity contribution in [2.24, 2.45) is 5.73 Å². The molecule has 5 heteroatoms. The van der Waals surface area contributed by atoms with E-state index in [1.807, 2.05) is 6.92 Å². The Hall–Kier alpha value is 0.130. The van der Waals surface area contributed by atoms with Crippen molar-refractivity contribution in [2.45, 2.75) is 13.3 Å². The van der Waals surface area contributed by atoms with Gasteiger partial charge in [-0.1, -0.05) is 21.6 Å². The second kappa shape index (κ2) is 9.22. The van der Waals surface area contributed by atoms with E-state index in [-0.39, 0.29) is 5.91 Å². The van der Waals surface area contributed by atoms with Crippen molar-refractivity contribution in [3.05, 3.63) is 0 Å². The molecule has 0 aromatic rings. The van der Waals surface area contributed by atoms with E-state index in [4.69, 9.17) is 5.73 Å². The molecule has 0 radical (unpaired) electrons. The average molecular weight is 208 g/mol. The molecule has 12 heavy (non-hydrogen) atoms. The highest BCUT2D eigenvalue weighted by Gasteiger charge is 1.98. The van der Waals surface area contributed by atoms with Crippen molar-refractivity contribution in [1.82, 2.24) is 5.32 Å². The number of rotatable bonds is 7. The summed E-state index contributed by atoms with van der Waals surface area (Å²) in [6.07, 6.45) is 0.607. The van der Waals surface area contributed by atoms with Crippen LogP contribution in [0.1, 0.15) is 13.3 Å². The van der Waals surface area contributed by atoms with Crippen molar-refractivity contribution in [3.8, 4) is 0 Å². The zero-order chi connectivity index (χ0) is 9.23. The van der Waals surface area contributed by atoms with Gasteiger partial charge in [0.2, 0.25) is 5.91 Å². The second-order valence-corrected chi connectivity index (χ2v) is 4.84. The molecule has 0 bridgehead atoms. The number of hydrogen-bond acceptors (Lipinski definition) is 4. The Morgan fingerprint density at radius 2 is 2.08 bits per heavy atom. The third kappa shape index (κ3) is 8.23. The highest BCUT2D eigenvalue weighted by atomic mass is 33.1. The fourth-order valence-electron chi connectivity index (χ4n) is 0.586. The quantitative estimate of drug-likeness (QED) is 0.481. The minimum Gasteiger partial charge on any atom is -0.356 e. The molecule has 3 N–H and O–H groups in total. The smallest absolute Gasteiger partial charge is 0.220 e. The van der Waals surface area contributed by atoms with E-state index >= 15 is 0 Å². The molecule has 0 spiro atoms. The topological polar surface area (TPSA) is 55.1 Å². The van der Waals surface area contributed by atoms with Gasteiger partial charge in [-0.15, -0.1) is 0 Å². The van der Waals surface area contributed by atoms with E-state index in [2.05, 4.69) is 5.32 Å². The van der Waals surface area contributed by atoms with E-state index < -0.39 is 0 Å². The summed E-state index contributed by atoms with van der Waals surface area (Å²) in [7, 11) is 3.43. The normalized spacial score (nSPS) is 9.83. The van der Waals surface area contributed by atoms with E-state index in [9.17, 15) is 4.79 Å². The Morgan fingerprint density at radius 3 is 2.67 bits per heavy atom. The van der Waals surface area contributed by atoms with Crippen LogP contribution >= 0.6 is 21.6 Å². The maximum Gasteiger partial charge on any atom is 0.220 e. The van der Waals surface area contributed by atoms with E-state index in [1.165, 1.54) is 0 Å². The summed E-state index contributed by atoms with van der Waals surface area (Å²) in [6.45, 7) is 3.35. The highest BCUT2D eigenvalue weighted by Crippen LogP contribution is 2.20. The van der Waals surface area contributed by atoms with Crippen molar-refractivity contribution < 1.29 is 4.79 Å². The summed E-state index contributed by atoms with van der Waals surface area (Å²) in [5, 5.41) is 2.75. The van der Waals surface area contributed by atoms with Crippen LogP contribution in [0, 0.1) is 0 Å². The standard InChI is InChI=1S/C7H16N2OS2/c1-2-9-7(10)3-5-11-12-6-4-8/h2-6,8H2,1H3,(H,9,10). The maximum absolute atomic E-state index is 10.9. The molecule has 0 saturated heterocycles. The van der Waals surface area contributed by atoms with Crippen LogP contribution in [0.3, 0.4) is 0 Å². The molecule has 0 aliphatic heterocycles. The van der Waals surface area contributed by atoms with Gasteiger partial charge in [0, 0.05) is 31.0 Å². The predicted molar refractivity (Wildman–Crippen MR) is 57.3 cm³/mol. The summed E-state index contributed by atoms with van der Waals surface area (Å²) in [5.74, 6) is 1.97. The maximum atomic E-state index is 10.9. The highest BCUT2D eigenvalue weighted by molar-refractivity contribution is 8.76. The Labute approximate surface area is 81.6 Å². The molecule has 72 valence electrons. The molecule has 0 aromatic heterocycles. The lowest BCUT2D eigenvalue weighted by atomic mass is 10.4. The van der Waals surface area contributed by atoms with Crippen LogP contribution in [0.5, 0.6) is 0 Å². The molecule has 0 aromatic carbocycles.